The molecule has 3 heterocycles. The van der Waals surface area contributed by atoms with Crippen molar-refractivity contribution in [3.05, 3.63) is 89.2 Å². The van der Waals surface area contributed by atoms with Gasteiger partial charge in [0.1, 0.15) is 5.75 Å². The third-order valence-corrected chi connectivity index (χ3v) is 7.31. The van der Waals surface area contributed by atoms with Gasteiger partial charge in [0.05, 0.1) is 12.6 Å². The number of hydrogen-bond acceptors (Lipinski definition) is 3. The molecule has 0 saturated carbocycles. The number of hydrogen-bond donors (Lipinski definition) is 0. The van der Waals surface area contributed by atoms with Crippen molar-refractivity contribution in [1.29, 1.82) is 0 Å². The van der Waals surface area contributed by atoms with Crippen LogP contribution in [0.25, 0.3) is 10.9 Å². The number of aromatic nitrogens is 2. The number of aryl methyl sites for hydroxylation is 1. The van der Waals surface area contributed by atoms with E-state index in [0.29, 0.717) is 0 Å². The fourth-order valence-corrected chi connectivity index (χ4v) is 5.22. The standard InChI is InChI=1S/C29H33N3O.ClH/c1-21-22(2)32(20-25-9-11-26(33-3)12-10-25)28-27(21)13-16-30-29(28)31-17-14-24(15-18-31)19-23-7-5-4-6-8-23;/h4-13,16,24H,14-15,17-20H2,1-3H3;1H. The number of nitrogens with zero attached hydrogens (tertiary/aromatic N) is 3. The molecule has 1 aliphatic heterocycles. The summed E-state index contributed by atoms with van der Waals surface area (Å²) < 4.78 is 7.79. The van der Waals surface area contributed by atoms with Crippen LogP contribution in [-0.2, 0) is 13.0 Å². The Labute approximate surface area is 209 Å². The molecule has 4 nitrogen and oxygen atoms in total. The van der Waals surface area contributed by atoms with Crippen LogP contribution in [0.4, 0.5) is 5.82 Å². The summed E-state index contributed by atoms with van der Waals surface area (Å²) in [6.45, 7) is 7.43. The molecule has 2 aromatic carbocycles. The maximum atomic E-state index is 5.34. The molecule has 1 fully saturated rings. The van der Waals surface area contributed by atoms with Crippen LogP contribution in [0.2, 0.25) is 0 Å². The fourth-order valence-electron chi connectivity index (χ4n) is 5.22. The topological polar surface area (TPSA) is 30.3 Å². The lowest BCUT2D eigenvalue weighted by Gasteiger charge is -2.33. The molecule has 0 amide bonds. The number of piperidine rings is 1. The Balaban J connectivity index is 0.00000274. The van der Waals surface area contributed by atoms with Gasteiger partial charge in [-0.15, -0.1) is 12.4 Å². The molecule has 5 rings (SSSR count). The van der Waals surface area contributed by atoms with Crippen molar-refractivity contribution in [2.45, 2.75) is 39.7 Å². The van der Waals surface area contributed by atoms with Gasteiger partial charge in [-0.3, -0.25) is 0 Å². The second-order valence-electron chi connectivity index (χ2n) is 9.30. The first-order chi connectivity index (χ1) is 16.1. The lowest BCUT2D eigenvalue weighted by Crippen LogP contribution is -2.35. The van der Waals surface area contributed by atoms with E-state index in [1.165, 1.54) is 52.5 Å². The van der Waals surface area contributed by atoms with Gasteiger partial charge in [-0.05, 0) is 73.9 Å². The molecule has 5 heteroatoms. The van der Waals surface area contributed by atoms with Crippen molar-refractivity contribution in [2.75, 3.05) is 25.1 Å². The van der Waals surface area contributed by atoms with Crippen molar-refractivity contribution in [2.24, 2.45) is 5.92 Å². The molecule has 4 aromatic rings. The van der Waals surface area contributed by atoms with Crippen molar-refractivity contribution in [1.82, 2.24) is 9.55 Å². The number of rotatable bonds is 6. The zero-order valence-electron chi connectivity index (χ0n) is 20.3. The number of methoxy groups -OCH3 is 1. The minimum atomic E-state index is 0. The molecule has 0 unspecified atom stereocenters. The summed E-state index contributed by atoms with van der Waals surface area (Å²) in [5.74, 6) is 2.78. The molecule has 1 saturated heterocycles. The lowest BCUT2D eigenvalue weighted by molar-refractivity contribution is 0.402. The predicted octanol–water partition coefficient (Wildman–Crippen LogP) is 6.59. The van der Waals surface area contributed by atoms with Gasteiger partial charge in [0.15, 0.2) is 5.82 Å². The summed E-state index contributed by atoms with van der Waals surface area (Å²) in [5.41, 5.74) is 6.66. The maximum Gasteiger partial charge on any atom is 0.153 e. The maximum absolute atomic E-state index is 5.34. The predicted molar refractivity (Wildman–Crippen MR) is 144 cm³/mol. The monoisotopic (exact) mass is 475 g/mol. The number of ether oxygens (including phenoxy) is 1. The smallest absolute Gasteiger partial charge is 0.153 e. The second-order valence-corrected chi connectivity index (χ2v) is 9.30. The van der Waals surface area contributed by atoms with Gasteiger partial charge < -0.3 is 14.2 Å². The third-order valence-electron chi connectivity index (χ3n) is 7.31. The summed E-state index contributed by atoms with van der Waals surface area (Å²) in [6.07, 6.45) is 5.59. The Kier molecular flexibility index (Phi) is 7.47. The Morgan fingerprint density at radius 1 is 0.912 bits per heavy atom. The first-order valence-corrected chi connectivity index (χ1v) is 12.0. The summed E-state index contributed by atoms with van der Waals surface area (Å²) >= 11 is 0. The van der Waals surface area contributed by atoms with Gasteiger partial charge in [0.25, 0.3) is 0 Å². The highest BCUT2D eigenvalue weighted by molar-refractivity contribution is 5.93. The first kappa shape index (κ1) is 24.2. The molecule has 0 aliphatic carbocycles. The molecular formula is C29H34ClN3O. The molecule has 178 valence electrons. The highest BCUT2D eigenvalue weighted by Crippen LogP contribution is 2.34. The molecule has 0 spiro atoms. The van der Waals surface area contributed by atoms with E-state index in [-0.39, 0.29) is 12.4 Å². The third kappa shape index (κ3) is 4.78. The summed E-state index contributed by atoms with van der Waals surface area (Å²) in [6, 6.07) is 21.5. The zero-order valence-corrected chi connectivity index (χ0v) is 21.1. The Hall–Kier alpha value is -2.98. The summed E-state index contributed by atoms with van der Waals surface area (Å²) in [5, 5.41) is 1.32. The quantitative estimate of drug-likeness (QED) is 0.315. The van der Waals surface area contributed by atoms with Gasteiger partial charge in [-0.1, -0.05) is 42.5 Å². The van der Waals surface area contributed by atoms with E-state index in [2.05, 4.69) is 71.8 Å². The van der Waals surface area contributed by atoms with Gasteiger partial charge in [-0.25, -0.2) is 4.98 Å². The summed E-state index contributed by atoms with van der Waals surface area (Å²) in [4.78, 5) is 7.42. The van der Waals surface area contributed by atoms with Crippen LogP contribution in [-0.4, -0.2) is 29.8 Å². The van der Waals surface area contributed by atoms with Gasteiger partial charge in [0.2, 0.25) is 0 Å². The van der Waals surface area contributed by atoms with E-state index in [4.69, 9.17) is 9.72 Å². The molecular weight excluding hydrogens is 442 g/mol. The van der Waals surface area contributed by atoms with Crippen LogP contribution >= 0.6 is 12.4 Å². The van der Waals surface area contributed by atoms with Crippen LogP contribution < -0.4 is 9.64 Å². The SMILES string of the molecule is COc1ccc(Cn2c(C)c(C)c3ccnc(N4CCC(Cc5ccccc5)CC4)c32)cc1.Cl. The van der Waals surface area contributed by atoms with Crippen molar-refractivity contribution in [3.8, 4) is 5.75 Å². The lowest BCUT2D eigenvalue weighted by atomic mass is 9.90. The van der Waals surface area contributed by atoms with E-state index in [0.717, 1.165) is 37.1 Å². The van der Waals surface area contributed by atoms with Gasteiger partial charge >= 0.3 is 0 Å². The highest BCUT2D eigenvalue weighted by atomic mass is 35.5. The Morgan fingerprint density at radius 3 is 2.29 bits per heavy atom. The van der Waals surface area contributed by atoms with Crippen molar-refractivity contribution < 1.29 is 4.74 Å². The van der Waals surface area contributed by atoms with Gasteiger partial charge in [0, 0.05) is 36.9 Å². The molecule has 0 N–H and O–H groups in total. The zero-order chi connectivity index (χ0) is 22.8. The van der Waals surface area contributed by atoms with Crippen LogP contribution in [0.15, 0.2) is 66.9 Å². The van der Waals surface area contributed by atoms with E-state index in [1.54, 1.807) is 7.11 Å². The average molecular weight is 476 g/mol. The number of pyridine rings is 1. The Bertz CT molecular complexity index is 1230. The van der Waals surface area contributed by atoms with E-state index in [9.17, 15) is 0 Å². The largest absolute Gasteiger partial charge is 0.497 e. The minimum Gasteiger partial charge on any atom is -0.497 e. The summed E-state index contributed by atoms with van der Waals surface area (Å²) in [7, 11) is 1.71. The molecule has 0 bridgehead atoms. The highest BCUT2D eigenvalue weighted by Gasteiger charge is 2.24. The number of halogens is 1. The number of benzene rings is 2. The minimum absolute atomic E-state index is 0. The second kappa shape index (κ2) is 10.5. The van der Waals surface area contributed by atoms with Crippen LogP contribution in [0.5, 0.6) is 5.75 Å². The van der Waals surface area contributed by atoms with E-state index in [1.807, 2.05) is 18.3 Å². The van der Waals surface area contributed by atoms with Crippen molar-refractivity contribution in [3.63, 3.8) is 0 Å². The fraction of sp³-hybridized carbons (Fsp3) is 0.345. The normalized spacial score (nSPS) is 14.3. The van der Waals surface area contributed by atoms with E-state index < -0.39 is 0 Å². The number of anilines is 1. The van der Waals surface area contributed by atoms with Crippen LogP contribution in [0, 0.1) is 19.8 Å². The molecule has 34 heavy (non-hydrogen) atoms. The molecule has 2 aromatic heterocycles. The van der Waals surface area contributed by atoms with Gasteiger partial charge in [-0.2, -0.15) is 0 Å². The number of fused-ring (bicyclic) bond motifs is 1. The van der Waals surface area contributed by atoms with E-state index >= 15 is 0 Å². The Morgan fingerprint density at radius 2 is 1.62 bits per heavy atom. The molecule has 0 radical (unpaired) electrons. The van der Waals surface area contributed by atoms with Crippen LogP contribution in [0.1, 0.15) is 35.2 Å². The first-order valence-electron chi connectivity index (χ1n) is 12.0. The molecule has 1 aliphatic rings. The van der Waals surface area contributed by atoms with Crippen molar-refractivity contribution >= 4 is 29.1 Å². The van der Waals surface area contributed by atoms with Crippen LogP contribution in [0.3, 0.4) is 0 Å². The average Bonchev–Trinajstić information content (AvgIpc) is 3.10. The molecule has 0 atom stereocenters.